The van der Waals surface area contributed by atoms with Crippen molar-refractivity contribution in [3.05, 3.63) is 95.3 Å². The molecule has 1 aromatic heterocycles. The lowest BCUT2D eigenvalue weighted by Gasteiger charge is -2.38. The van der Waals surface area contributed by atoms with Crippen molar-refractivity contribution in [2.24, 2.45) is 0 Å². The van der Waals surface area contributed by atoms with Crippen molar-refractivity contribution in [2.75, 3.05) is 19.6 Å². The van der Waals surface area contributed by atoms with Crippen LogP contribution in [0.1, 0.15) is 41.0 Å². The van der Waals surface area contributed by atoms with Crippen LogP contribution in [0.2, 0.25) is 0 Å². The van der Waals surface area contributed by atoms with Crippen LogP contribution in [0.15, 0.2) is 66.9 Å². The van der Waals surface area contributed by atoms with Crippen molar-refractivity contribution in [1.29, 1.82) is 0 Å². The van der Waals surface area contributed by atoms with Gasteiger partial charge in [-0.1, -0.05) is 19.1 Å². The van der Waals surface area contributed by atoms with Crippen molar-refractivity contribution in [3.8, 4) is 0 Å². The van der Waals surface area contributed by atoms with Gasteiger partial charge in [0, 0.05) is 37.1 Å². The minimum atomic E-state index is -0.439. The van der Waals surface area contributed by atoms with Crippen LogP contribution in [0, 0.1) is 11.6 Å². The zero-order valence-electron chi connectivity index (χ0n) is 17.9. The number of halogens is 2. The fraction of sp³-hybridized carbons (Fsp3) is 0.280. The van der Waals surface area contributed by atoms with Gasteiger partial charge in [-0.05, 0) is 60.5 Å². The molecule has 2 aromatic carbocycles. The van der Waals surface area contributed by atoms with Crippen molar-refractivity contribution in [2.45, 2.75) is 25.9 Å². The Labute approximate surface area is 185 Å². The van der Waals surface area contributed by atoms with E-state index in [9.17, 15) is 18.4 Å². The molecule has 0 spiro atoms. The molecule has 0 fully saturated rings. The predicted octanol–water partition coefficient (Wildman–Crippen LogP) is 4.25. The second-order valence-electron chi connectivity index (χ2n) is 7.90. The van der Waals surface area contributed by atoms with Gasteiger partial charge >= 0.3 is 0 Å². The highest BCUT2D eigenvalue weighted by atomic mass is 19.1. The van der Waals surface area contributed by atoms with Crippen molar-refractivity contribution >= 4 is 11.8 Å². The molecular formula is C25H25F2N3O2. The Bertz CT molecular complexity index is 1110. The van der Waals surface area contributed by atoms with E-state index < -0.39 is 11.9 Å². The minimum Gasteiger partial charge on any atom is -0.348 e. The van der Waals surface area contributed by atoms with Gasteiger partial charge in [-0.3, -0.25) is 9.59 Å². The summed E-state index contributed by atoms with van der Waals surface area (Å²) in [5.74, 6) is -1.31. The molecule has 1 aliphatic heterocycles. The number of benzene rings is 2. The van der Waals surface area contributed by atoms with Gasteiger partial charge in [0.2, 0.25) is 5.91 Å². The summed E-state index contributed by atoms with van der Waals surface area (Å²) < 4.78 is 29.3. The Kier molecular flexibility index (Phi) is 6.35. The first-order chi connectivity index (χ1) is 15.5. The zero-order chi connectivity index (χ0) is 22.7. The Hall–Kier alpha value is -3.48. The molecule has 166 valence electrons. The lowest BCUT2D eigenvalue weighted by Crippen LogP contribution is -2.48. The van der Waals surface area contributed by atoms with Crippen molar-refractivity contribution in [1.82, 2.24) is 14.4 Å². The van der Waals surface area contributed by atoms with E-state index in [1.807, 2.05) is 31.3 Å². The second kappa shape index (κ2) is 9.34. The number of carbonyl (C=O) groups excluding carboxylic acids is 2. The molecule has 4 rings (SSSR count). The van der Waals surface area contributed by atoms with Crippen LogP contribution >= 0.6 is 0 Å². The molecule has 1 unspecified atom stereocenters. The van der Waals surface area contributed by atoms with Gasteiger partial charge in [0.25, 0.3) is 5.91 Å². The molecule has 5 nitrogen and oxygen atoms in total. The molecule has 1 aliphatic rings. The van der Waals surface area contributed by atoms with Crippen LogP contribution in [0.4, 0.5) is 8.78 Å². The van der Waals surface area contributed by atoms with Crippen molar-refractivity contribution < 1.29 is 18.4 Å². The average molecular weight is 437 g/mol. The van der Waals surface area contributed by atoms with Gasteiger partial charge in [0.05, 0.1) is 6.04 Å². The third-order valence-corrected chi connectivity index (χ3v) is 5.72. The summed E-state index contributed by atoms with van der Waals surface area (Å²) in [7, 11) is 0. The van der Waals surface area contributed by atoms with E-state index in [2.05, 4.69) is 4.57 Å². The lowest BCUT2D eigenvalue weighted by molar-refractivity contribution is -0.134. The van der Waals surface area contributed by atoms with Gasteiger partial charge in [0.1, 0.15) is 18.2 Å². The van der Waals surface area contributed by atoms with Gasteiger partial charge in [-0.2, -0.15) is 0 Å². The fourth-order valence-electron chi connectivity index (χ4n) is 4.23. The Balaban J connectivity index is 1.61. The highest BCUT2D eigenvalue weighted by molar-refractivity contribution is 5.96. The predicted molar refractivity (Wildman–Crippen MR) is 117 cm³/mol. The maximum Gasteiger partial charge on any atom is 0.254 e. The number of carbonyl (C=O) groups is 2. The normalized spacial score (nSPS) is 15.3. The number of rotatable bonds is 6. The summed E-state index contributed by atoms with van der Waals surface area (Å²) in [6, 6.07) is 15.0. The Morgan fingerprint density at radius 3 is 2.50 bits per heavy atom. The van der Waals surface area contributed by atoms with Crippen LogP contribution < -0.4 is 0 Å². The molecule has 0 radical (unpaired) electrons. The summed E-state index contributed by atoms with van der Waals surface area (Å²) in [5, 5.41) is 0. The van der Waals surface area contributed by atoms with Gasteiger partial charge in [0.15, 0.2) is 0 Å². The average Bonchev–Trinajstić information content (AvgIpc) is 3.27. The SMILES string of the molecule is CCCN(CC(=O)N1CCn2cccc2C1c1cccc(F)c1)C(=O)c1ccc(F)cc1. The van der Waals surface area contributed by atoms with Crippen LogP contribution in [-0.4, -0.2) is 45.8 Å². The molecule has 0 N–H and O–H groups in total. The summed E-state index contributed by atoms with van der Waals surface area (Å²) in [6.45, 7) is 3.30. The first kappa shape index (κ1) is 21.7. The molecule has 3 aromatic rings. The Morgan fingerprint density at radius 1 is 1.00 bits per heavy atom. The van der Waals surface area contributed by atoms with E-state index in [4.69, 9.17) is 0 Å². The summed E-state index contributed by atoms with van der Waals surface area (Å²) >= 11 is 0. The smallest absolute Gasteiger partial charge is 0.254 e. The number of hydrogen-bond acceptors (Lipinski definition) is 2. The van der Waals surface area contributed by atoms with E-state index in [1.54, 1.807) is 11.0 Å². The summed E-state index contributed by atoms with van der Waals surface area (Å²) in [5.41, 5.74) is 1.92. The molecule has 0 saturated heterocycles. The van der Waals surface area contributed by atoms with Crippen LogP contribution in [0.5, 0.6) is 0 Å². The minimum absolute atomic E-state index is 0.101. The molecule has 2 amide bonds. The molecule has 1 atom stereocenters. The largest absolute Gasteiger partial charge is 0.348 e. The monoisotopic (exact) mass is 437 g/mol. The van der Waals surface area contributed by atoms with E-state index in [-0.39, 0.29) is 24.2 Å². The first-order valence-electron chi connectivity index (χ1n) is 10.7. The number of hydrogen-bond donors (Lipinski definition) is 0. The lowest BCUT2D eigenvalue weighted by atomic mass is 9.99. The molecule has 0 bridgehead atoms. The first-order valence-corrected chi connectivity index (χ1v) is 10.7. The van der Waals surface area contributed by atoms with E-state index in [0.29, 0.717) is 37.2 Å². The fourth-order valence-corrected chi connectivity index (χ4v) is 4.23. The number of amides is 2. The van der Waals surface area contributed by atoms with Crippen LogP contribution in [0.3, 0.4) is 0 Å². The zero-order valence-corrected chi connectivity index (χ0v) is 17.9. The molecule has 0 saturated carbocycles. The van der Waals surface area contributed by atoms with Crippen LogP contribution in [-0.2, 0) is 11.3 Å². The number of aromatic nitrogens is 1. The maximum absolute atomic E-state index is 14.0. The molecule has 0 aliphatic carbocycles. The van der Waals surface area contributed by atoms with Crippen molar-refractivity contribution in [3.63, 3.8) is 0 Å². The number of nitrogens with zero attached hydrogens (tertiary/aromatic N) is 3. The third-order valence-electron chi connectivity index (χ3n) is 5.72. The maximum atomic E-state index is 14.0. The summed E-state index contributed by atoms with van der Waals surface area (Å²) in [6.07, 6.45) is 2.63. The van der Waals surface area contributed by atoms with Gasteiger partial charge in [-0.25, -0.2) is 8.78 Å². The second-order valence-corrected chi connectivity index (χ2v) is 7.90. The number of fused-ring (bicyclic) bond motifs is 1. The highest BCUT2D eigenvalue weighted by Gasteiger charge is 2.33. The molecule has 32 heavy (non-hydrogen) atoms. The molecule has 2 heterocycles. The quantitative estimate of drug-likeness (QED) is 0.579. The van der Waals surface area contributed by atoms with Gasteiger partial charge in [-0.15, -0.1) is 0 Å². The van der Waals surface area contributed by atoms with E-state index >= 15 is 0 Å². The summed E-state index contributed by atoms with van der Waals surface area (Å²) in [4.78, 5) is 29.6. The highest BCUT2D eigenvalue weighted by Crippen LogP contribution is 2.33. The Morgan fingerprint density at radius 2 is 1.78 bits per heavy atom. The van der Waals surface area contributed by atoms with E-state index in [1.165, 1.54) is 41.3 Å². The molecular weight excluding hydrogens is 412 g/mol. The van der Waals surface area contributed by atoms with Crippen LogP contribution in [0.25, 0.3) is 0 Å². The topological polar surface area (TPSA) is 45.6 Å². The third kappa shape index (κ3) is 4.42. The van der Waals surface area contributed by atoms with E-state index in [0.717, 1.165) is 5.69 Å². The molecule has 7 heteroatoms. The standard InChI is InChI=1S/C25H25F2N3O2/c1-2-12-29(25(32)18-8-10-20(26)11-9-18)17-23(31)30-15-14-28-13-4-7-22(28)24(30)19-5-3-6-21(27)16-19/h3-11,13,16,24H,2,12,14-15,17H2,1H3. The van der Waals surface area contributed by atoms with Gasteiger partial charge < -0.3 is 14.4 Å².